The largest absolute Gasteiger partial charge is 0.280 e. The molecule has 0 atom stereocenters. The van der Waals surface area contributed by atoms with E-state index in [0.717, 1.165) is 0 Å². The van der Waals surface area contributed by atoms with Gasteiger partial charge in [0.1, 0.15) is 11.2 Å². The molecular formula is C8H5ClF2N2. The SMILES string of the molecule is FC(F)c1[nH]nc2c(Cl)cccc12. The summed E-state index contributed by atoms with van der Waals surface area (Å²) in [7, 11) is 0. The van der Waals surface area contributed by atoms with Gasteiger partial charge in [0.2, 0.25) is 0 Å². The molecule has 0 aliphatic rings. The number of aromatic nitrogens is 2. The summed E-state index contributed by atoms with van der Waals surface area (Å²) in [5.74, 6) is 0. The van der Waals surface area contributed by atoms with Gasteiger partial charge >= 0.3 is 0 Å². The predicted octanol–water partition coefficient (Wildman–Crippen LogP) is 3.15. The second kappa shape index (κ2) is 2.96. The van der Waals surface area contributed by atoms with Crippen LogP contribution in [0.3, 0.4) is 0 Å². The Morgan fingerprint density at radius 2 is 2.15 bits per heavy atom. The third kappa shape index (κ3) is 1.27. The highest BCUT2D eigenvalue weighted by molar-refractivity contribution is 6.35. The molecule has 1 aromatic heterocycles. The topological polar surface area (TPSA) is 28.7 Å². The molecule has 1 N–H and O–H groups in total. The monoisotopic (exact) mass is 202 g/mol. The third-order valence-electron chi connectivity index (χ3n) is 1.78. The molecule has 0 spiro atoms. The summed E-state index contributed by atoms with van der Waals surface area (Å²) in [6.45, 7) is 0. The van der Waals surface area contributed by atoms with E-state index >= 15 is 0 Å². The fourth-order valence-corrected chi connectivity index (χ4v) is 1.41. The van der Waals surface area contributed by atoms with Crippen LogP contribution in [0.25, 0.3) is 10.9 Å². The molecule has 1 aromatic carbocycles. The van der Waals surface area contributed by atoms with Gasteiger partial charge in [-0.15, -0.1) is 0 Å². The molecule has 0 aliphatic carbocycles. The molecule has 2 nitrogen and oxygen atoms in total. The van der Waals surface area contributed by atoms with Crippen molar-refractivity contribution in [3.05, 3.63) is 28.9 Å². The van der Waals surface area contributed by atoms with Crippen LogP contribution in [0.1, 0.15) is 12.1 Å². The zero-order valence-electron chi connectivity index (χ0n) is 6.39. The van der Waals surface area contributed by atoms with Crippen molar-refractivity contribution >= 4 is 22.5 Å². The van der Waals surface area contributed by atoms with E-state index in [1.54, 1.807) is 18.2 Å². The molecule has 0 aliphatic heterocycles. The Morgan fingerprint density at radius 3 is 2.85 bits per heavy atom. The summed E-state index contributed by atoms with van der Waals surface area (Å²) < 4.78 is 24.7. The molecule has 0 bridgehead atoms. The quantitative estimate of drug-likeness (QED) is 0.756. The number of hydrogen-bond donors (Lipinski definition) is 1. The standard InChI is InChI=1S/C8H5ClF2N2/c9-5-3-1-2-4-6(5)12-13-7(4)8(10)11/h1-3,8H,(H,12,13). The minimum absolute atomic E-state index is 0.183. The van der Waals surface area contributed by atoms with Gasteiger partial charge in [-0.3, -0.25) is 5.10 Å². The summed E-state index contributed by atoms with van der Waals surface area (Å²) in [5.41, 5.74) is 0.206. The van der Waals surface area contributed by atoms with Crippen LogP contribution in [0.15, 0.2) is 18.2 Å². The van der Waals surface area contributed by atoms with Crippen molar-refractivity contribution in [3.63, 3.8) is 0 Å². The van der Waals surface area contributed by atoms with Crippen molar-refractivity contribution in [2.24, 2.45) is 0 Å². The molecule has 2 aromatic rings. The van der Waals surface area contributed by atoms with Crippen molar-refractivity contribution < 1.29 is 8.78 Å². The predicted molar refractivity (Wildman–Crippen MR) is 46.1 cm³/mol. The third-order valence-corrected chi connectivity index (χ3v) is 2.09. The number of alkyl halides is 2. The number of nitrogens with one attached hydrogen (secondary N) is 1. The number of hydrogen-bond acceptors (Lipinski definition) is 1. The lowest BCUT2D eigenvalue weighted by molar-refractivity contribution is 0.147. The van der Waals surface area contributed by atoms with Gasteiger partial charge in [0, 0.05) is 5.39 Å². The van der Waals surface area contributed by atoms with Gasteiger partial charge in [0.25, 0.3) is 6.43 Å². The Labute approximate surface area is 77.5 Å². The zero-order valence-corrected chi connectivity index (χ0v) is 7.15. The molecule has 0 fully saturated rings. The fourth-order valence-electron chi connectivity index (χ4n) is 1.19. The first-order valence-corrected chi connectivity index (χ1v) is 3.98. The number of rotatable bonds is 1. The van der Waals surface area contributed by atoms with Crippen LogP contribution in [0.2, 0.25) is 5.02 Å². The van der Waals surface area contributed by atoms with E-state index in [0.29, 0.717) is 15.9 Å². The highest BCUT2D eigenvalue weighted by Crippen LogP contribution is 2.28. The van der Waals surface area contributed by atoms with E-state index in [4.69, 9.17) is 11.6 Å². The molecule has 0 saturated carbocycles. The van der Waals surface area contributed by atoms with Gasteiger partial charge in [-0.05, 0) is 6.07 Å². The molecule has 13 heavy (non-hydrogen) atoms. The maximum absolute atomic E-state index is 12.3. The van der Waals surface area contributed by atoms with Crippen LogP contribution < -0.4 is 0 Å². The number of nitrogens with zero attached hydrogens (tertiary/aromatic N) is 1. The van der Waals surface area contributed by atoms with Crippen molar-refractivity contribution in [1.29, 1.82) is 0 Å². The number of fused-ring (bicyclic) bond motifs is 1. The van der Waals surface area contributed by atoms with E-state index in [-0.39, 0.29) is 5.69 Å². The van der Waals surface area contributed by atoms with E-state index < -0.39 is 6.43 Å². The van der Waals surface area contributed by atoms with E-state index in [9.17, 15) is 8.78 Å². The summed E-state index contributed by atoms with van der Waals surface area (Å²) in [6.07, 6.45) is -2.55. The lowest BCUT2D eigenvalue weighted by Gasteiger charge is -1.94. The van der Waals surface area contributed by atoms with Crippen LogP contribution in [0.5, 0.6) is 0 Å². The Morgan fingerprint density at radius 1 is 1.38 bits per heavy atom. The molecule has 0 unspecified atom stereocenters. The first-order chi connectivity index (χ1) is 6.20. The van der Waals surface area contributed by atoms with Crippen LogP contribution in [-0.2, 0) is 0 Å². The normalized spacial score (nSPS) is 11.4. The van der Waals surface area contributed by atoms with Gasteiger partial charge in [-0.2, -0.15) is 5.10 Å². The molecular weight excluding hydrogens is 198 g/mol. The lowest BCUT2D eigenvalue weighted by Crippen LogP contribution is -1.83. The van der Waals surface area contributed by atoms with E-state index in [1.807, 2.05) is 0 Å². The van der Waals surface area contributed by atoms with Crippen molar-refractivity contribution in [2.45, 2.75) is 6.43 Å². The molecule has 5 heteroatoms. The summed E-state index contributed by atoms with van der Waals surface area (Å²) in [6, 6.07) is 4.79. The number of para-hydroxylation sites is 1. The molecule has 2 rings (SSSR count). The van der Waals surface area contributed by atoms with Crippen molar-refractivity contribution in [2.75, 3.05) is 0 Å². The van der Waals surface area contributed by atoms with Gasteiger partial charge in [0.05, 0.1) is 5.02 Å². The Kier molecular flexibility index (Phi) is 1.92. The minimum Gasteiger partial charge on any atom is -0.275 e. The van der Waals surface area contributed by atoms with Gasteiger partial charge < -0.3 is 0 Å². The molecule has 1 heterocycles. The fraction of sp³-hybridized carbons (Fsp3) is 0.125. The van der Waals surface area contributed by atoms with E-state index in [2.05, 4.69) is 10.2 Å². The maximum Gasteiger partial charge on any atom is 0.280 e. The lowest BCUT2D eigenvalue weighted by atomic mass is 10.2. The van der Waals surface area contributed by atoms with Crippen LogP contribution in [-0.4, -0.2) is 10.2 Å². The summed E-state index contributed by atoms with van der Waals surface area (Å²) >= 11 is 5.75. The second-order valence-electron chi connectivity index (χ2n) is 2.57. The summed E-state index contributed by atoms with van der Waals surface area (Å²) in [5, 5.41) is 6.72. The van der Waals surface area contributed by atoms with Gasteiger partial charge in [-0.25, -0.2) is 8.78 Å². The molecule has 0 radical (unpaired) electrons. The minimum atomic E-state index is -2.55. The van der Waals surface area contributed by atoms with Crippen LogP contribution >= 0.6 is 11.6 Å². The van der Waals surface area contributed by atoms with Gasteiger partial charge in [0.15, 0.2) is 0 Å². The Bertz CT molecular complexity index is 439. The van der Waals surface area contributed by atoms with Crippen molar-refractivity contribution in [1.82, 2.24) is 10.2 Å². The Balaban J connectivity index is 2.75. The average Bonchev–Trinajstić information content (AvgIpc) is 2.48. The number of aromatic amines is 1. The second-order valence-corrected chi connectivity index (χ2v) is 2.98. The molecule has 68 valence electrons. The average molecular weight is 203 g/mol. The maximum atomic E-state index is 12.3. The summed E-state index contributed by atoms with van der Waals surface area (Å²) in [4.78, 5) is 0. The number of H-pyrrole nitrogens is 1. The first-order valence-electron chi connectivity index (χ1n) is 3.61. The smallest absolute Gasteiger partial charge is 0.275 e. The van der Waals surface area contributed by atoms with Gasteiger partial charge in [-0.1, -0.05) is 23.7 Å². The van der Waals surface area contributed by atoms with Crippen LogP contribution in [0.4, 0.5) is 8.78 Å². The first kappa shape index (κ1) is 8.44. The Hall–Kier alpha value is -1.16. The highest BCUT2D eigenvalue weighted by atomic mass is 35.5. The van der Waals surface area contributed by atoms with Crippen LogP contribution in [0, 0.1) is 0 Å². The molecule has 0 amide bonds. The molecule has 0 saturated heterocycles. The highest BCUT2D eigenvalue weighted by Gasteiger charge is 2.15. The number of benzene rings is 1. The zero-order chi connectivity index (χ0) is 9.42. The van der Waals surface area contributed by atoms with E-state index in [1.165, 1.54) is 0 Å². The number of halogens is 3. The van der Waals surface area contributed by atoms with Crippen molar-refractivity contribution in [3.8, 4) is 0 Å².